The molecule has 25 heavy (non-hydrogen) atoms. The molecule has 0 unspecified atom stereocenters. The summed E-state index contributed by atoms with van der Waals surface area (Å²) in [5, 5.41) is 4.22. The number of aromatic nitrogens is 2. The van der Waals surface area contributed by atoms with Crippen molar-refractivity contribution in [2.45, 2.75) is 19.4 Å². The van der Waals surface area contributed by atoms with Crippen molar-refractivity contribution >= 4 is 26.7 Å². The van der Waals surface area contributed by atoms with Crippen molar-refractivity contribution in [2.75, 3.05) is 17.3 Å². The van der Waals surface area contributed by atoms with Crippen LogP contribution in [0.25, 0.3) is 22.2 Å². The van der Waals surface area contributed by atoms with E-state index in [0.717, 1.165) is 22.2 Å². The first kappa shape index (κ1) is 17.4. The number of fused-ring (bicyclic) bond motifs is 1. The second-order valence-corrected chi connectivity index (χ2v) is 8.50. The van der Waals surface area contributed by atoms with Gasteiger partial charge in [0.1, 0.15) is 9.84 Å². The molecule has 0 bridgehead atoms. The maximum absolute atomic E-state index is 11.3. The average molecular weight is 355 g/mol. The molecule has 1 N–H and O–H groups in total. The summed E-state index contributed by atoms with van der Waals surface area (Å²) in [6.45, 7) is 1.94. The molecule has 0 fully saturated rings. The van der Waals surface area contributed by atoms with Crippen molar-refractivity contribution in [1.82, 2.24) is 9.97 Å². The highest BCUT2D eigenvalue weighted by Crippen LogP contribution is 2.27. The molecule has 3 rings (SSSR count). The maximum Gasteiger partial charge on any atom is 0.224 e. The third-order valence-corrected chi connectivity index (χ3v) is 4.92. The molecule has 0 spiro atoms. The number of para-hydroxylation sites is 1. The first-order chi connectivity index (χ1) is 11.9. The fourth-order valence-electron chi connectivity index (χ4n) is 2.64. The molecular weight excluding hydrogens is 334 g/mol. The Bertz CT molecular complexity index is 972. The summed E-state index contributed by atoms with van der Waals surface area (Å²) in [4.78, 5) is 9.26. The fraction of sp³-hybridized carbons (Fsp3) is 0.263. The Balaban J connectivity index is 1.94. The van der Waals surface area contributed by atoms with E-state index in [-0.39, 0.29) is 11.8 Å². The van der Waals surface area contributed by atoms with E-state index < -0.39 is 9.84 Å². The second-order valence-electron chi connectivity index (χ2n) is 6.24. The van der Waals surface area contributed by atoms with E-state index in [9.17, 15) is 8.42 Å². The largest absolute Gasteiger partial charge is 0.352 e. The zero-order valence-electron chi connectivity index (χ0n) is 14.3. The number of nitrogens with zero attached hydrogens (tertiary/aromatic N) is 2. The summed E-state index contributed by atoms with van der Waals surface area (Å²) in [6.07, 6.45) is 1.76. The molecule has 3 aromatic rings. The first-order valence-corrected chi connectivity index (χ1v) is 10.2. The summed E-state index contributed by atoms with van der Waals surface area (Å²) in [6, 6.07) is 17.8. The average Bonchev–Trinajstić information content (AvgIpc) is 2.59. The molecule has 0 radical (unpaired) electrons. The van der Waals surface area contributed by atoms with E-state index >= 15 is 0 Å². The van der Waals surface area contributed by atoms with Crippen LogP contribution in [0, 0.1) is 0 Å². The molecule has 0 amide bonds. The van der Waals surface area contributed by atoms with Crippen molar-refractivity contribution in [3.8, 4) is 11.3 Å². The quantitative estimate of drug-likeness (QED) is 0.732. The van der Waals surface area contributed by atoms with Gasteiger partial charge in [0, 0.05) is 23.2 Å². The molecule has 0 saturated heterocycles. The van der Waals surface area contributed by atoms with E-state index in [1.54, 1.807) is 0 Å². The number of rotatable bonds is 6. The zero-order chi connectivity index (χ0) is 17.9. The lowest BCUT2D eigenvalue weighted by Gasteiger charge is -2.15. The summed E-state index contributed by atoms with van der Waals surface area (Å²) >= 11 is 0. The lowest BCUT2D eigenvalue weighted by Crippen LogP contribution is -2.21. The third kappa shape index (κ3) is 4.54. The van der Waals surface area contributed by atoms with Gasteiger partial charge in [0.25, 0.3) is 0 Å². The maximum atomic E-state index is 11.3. The standard InChI is InChI=1S/C19H21N3O2S/c1-14(12-13-25(2,23)24)20-19-21-17-11-7-6-10-16(17)18(22-19)15-8-4-3-5-9-15/h3-11,14H,12-13H2,1-2H3,(H,20,21,22)/t14-/m1/s1. The lowest BCUT2D eigenvalue weighted by molar-refractivity contribution is 0.595. The van der Waals surface area contributed by atoms with Crippen molar-refractivity contribution in [3.05, 3.63) is 54.6 Å². The number of anilines is 1. The van der Waals surface area contributed by atoms with Crippen molar-refractivity contribution in [3.63, 3.8) is 0 Å². The predicted octanol–water partition coefficient (Wildman–Crippen LogP) is 3.53. The van der Waals surface area contributed by atoms with Crippen LogP contribution in [0.1, 0.15) is 13.3 Å². The van der Waals surface area contributed by atoms with Gasteiger partial charge in [0.05, 0.1) is 17.0 Å². The van der Waals surface area contributed by atoms with Crippen LogP contribution >= 0.6 is 0 Å². The monoisotopic (exact) mass is 355 g/mol. The van der Waals surface area contributed by atoms with Gasteiger partial charge >= 0.3 is 0 Å². The van der Waals surface area contributed by atoms with Gasteiger partial charge in [-0.15, -0.1) is 0 Å². The number of sulfone groups is 1. The Hall–Kier alpha value is -2.47. The molecule has 6 heteroatoms. The highest BCUT2D eigenvalue weighted by Gasteiger charge is 2.12. The minimum Gasteiger partial charge on any atom is -0.352 e. The van der Waals surface area contributed by atoms with Crippen LogP contribution in [0.4, 0.5) is 5.95 Å². The minimum absolute atomic E-state index is 0.0421. The molecule has 5 nitrogen and oxygen atoms in total. The zero-order valence-corrected chi connectivity index (χ0v) is 15.1. The Morgan fingerprint density at radius 1 is 1.00 bits per heavy atom. The van der Waals surface area contributed by atoms with E-state index in [1.807, 2.05) is 61.5 Å². The van der Waals surface area contributed by atoms with Gasteiger partial charge in [-0.1, -0.05) is 48.5 Å². The SMILES string of the molecule is C[C@H](CCS(C)(=O)=O)Nc1nc(-c2ccccc2)c2ccccc2n1. The molecular formula is C19H21N3O2S. The molecule has 1 atom stereocenters. The Labute approximate surface area is 148 Å². The van der Waals surface area contributed by atoms with Gasteiger partial charge in [-0.05, 0) is 19.4 Å². The van der Waals surface area contributed by atoms with Gasteiger partial charge in [-0.3, -0.25) is 0 Å². The van der Waals surface area contributed by atoms with Crippen LogP contribution in [0.5, 0.6) is 0 Å². The van der Waals surface area contributed by atoms with E-state index in [2.05, 4.69) is 15.3 Å². The van der Waals surface area contributed by atoms with Crippen LogP contribution in [0.15, 0.2) is 54.6 Å². The van der Waals surface area contributed by atoms with Crippen LogP contribution in [0.3, 0.4) is 0 Å². The lowest BCUT2D eigenvalue weighted by atomic mass is 10.1. The van der Waals surface area contributed by atoms with Gasteiger partial charge in [-0.2, -0.15) is 0 Å². The Morgan fingerprint density at radius 2 is 1.68 bits per heavy atom. The van der Waals surface area contributed by atoms with Crippen molar-refractivity contribution < 1.29 is 8.42 Å². The number of benzene rings is 2. The number of hydrogen-bond acceptors (Lipinski definition) is 5. The molecule has 1 aromatic heterocycles. The molecule has 0 aliphatic rings. The Kier molecular flexibility index (Phi) is 4.99. The van der Waals surface area contributed by atoms with Crippen molar-refractivity contribution in [2.24, 2.45) is 0 Å². The van der Waals surface area contributed by atoms with Crippen LogP contribution < -0.4 is 5.32 Å². The van der Waals surface area contributed by atoms with E-state index in [0.29, 0.717) is 12.4 Å². The molecule has 130 valence electrons. The highest BCUT2D eigenvalue weighted by atomic mass is 32.2. The van der Waals surface area contributed by atoms with Crippen LogP contribution in [-0.2, 0) is 9.84 Å². The van der Waals surface area contributed by atoms with Gasteiger partial charge in [0.15, 0.2) is 0 Å². The number of hydrogen-bond donors (Lipinski definition) is 1. The molecule has 0 aliphatic carbocycles. The summed E-state index contributed by atoms with van der Waals surface area (Å²) in [5.41, 5.74) is 2.74. The van der Waals surface area contributed by atoms with Crippen molar-refractivity contribution in [1.29, 1.82) is 0 Å². The topological polar surface area (TPSA) is 72.0 Å². The molecule has 1 heterocycles. The second kappa shape index (κ2) is 7.19. The summed E-state index contributed by atoms with van der Waals surface area (Å²) < 4.78 is 22.7. The summed E-state index contributed by atoms with van der Waals surface area (Å²) in [7, 11) is -2.98. The van der Waals surface area contributed by atoms with E-state index in [1.165, 1.54) is 6.26 Å². The minimum atomic E-state index is -2.98. The normalized spacial score (nSPS) is 12.9. The summed E-state index contributed by atoms with van der Waals surface area (Å²) in [5.74, 6) is 0.652. The smallest absolute Gasteiger partial charge is 0.224 e. The van der Waals surface area contributed by atoms with Gasteiger partial charge in [0.2, 0.25) is 5.95 Å². The van der Waals surface area contributed by atoms with E-state index in [4.69, 9.17) is 0 Å². The van der Waals surface area contributed by atoms with Gasteiger partial charge < -0.3 is 5.32 Å². The molecule has 2 aromatic carbocycles. The van der Waals surface area contributed by atoms with Gasteiger partial charge in [-0.25, -0.2) is 18.4 Å². The fourth-order valence-corrected chi connectivity index (χ4v) is 3.42. The predicted molar refractivity (Wildman–Crippen MR) is 102 cm³/mol. The van der Waals surface area contributed by atoms with Crippen LogP contribution in [-0.4, -0.2) is 36.4 Å². The molecule has 0 aliphatic heterocycles. The molecule has 0 saturated carbocycles. The highest BCUT2D eigenvalue weighted by molar-refractivity contribution is 7.90. The van der Waals surface area contributed by atoms with Crippen LogP contribution in [0.2, 0.25) is 0 Å². The first-order valence-electron chi connectivity index (χ1n) is 8.19. The third-order valence-electron chi connectivity index (χ3n) is 3.95. The number of nitrogens with one attached hydrogen (secondary N) is 1. The Morgan fingerprint density at radius 3 is 2.40 bits per heavy atom.